The number of hydrogen-bond donors (Lipinski definition) is 1. The zero-order chi connectivity index (χ0) is 16.1. The Morgan fingerprint density at radius 1 is 1.30 bits per heavy atom. The van der Waals surface area contributed by atoms with Gasteiger partial charge in [-0.2, -0.15) is 5.10 Å². The quantitative estimate of drug-likeness (QED) is 0.610. The topological polar surface area (TPSA) is 89.8 Å². The van der Waals surface area contributed by atoms with Crippen molar-refractivity contribution in [2.75, 3.05) is 12.3 Å². The minimum atomic E-state index is -0.114. The van der Waals surface area contributed by atoms with Crippen molar-refractivity contribution in [1.82, 2.24) is 25.1 Å². The number of carbonyl (C=O) groups excluding carboxylic acids is 1. The molecule has 0 fully saturated rings. The third kappa shape index (κ3) is 4.16. The summed E-state index contributed by atoms with van der Waals surface area (Å²) in [5.74, 6) is 0.132. The summed E-state index contributed by atoms with van der Waals surface area (Å²) in [6, 6.07) is 3.39. The van der Waals surface area contributed by atoms with Crippen molar-refractivity contribution in [3.8, 4) is 0 Å². The van der Waals surface area contributed by atoms with Crippen LogP contribution in [-0.4, -0.2) is 38.0 Å². The highest BCUT2D eigenvalue weighted by Crippen LogP contribution is 2.16. The van der Waals surface area contributed by atoms with Gasteiger partial charge in [-0.3, -0.25) is 9.59 Å². The molecular weight excluding hydrogens is 314 g/mol. The number of nitrogens with zero attached hydrogens (tertiary/aromatic N) is 4. The Balaban J connectivity index is 1.46. The number of thioether (sulfide) groups is 1. The van der Waals surface area contributed by atoms with Crippen LogP contribution in [0.4, 0.5) is 0 Å². The molecule has 0 radical (unpaired) electrons. The van der Waals surface area contributed by atoms with E-state index in [4.69, 9.17) is 0 Å². The summed E-state index contributed by atoms with van der Waals surface area (Å²) in [5.41, 5.74) is 1.97. The lowest BCUT2D eigenvalue weighted by molar-refractivity contribution is -0.118. The standard InChI is InChI=1S/C15H17N5O2S/c21-13(10-23-15-17-5-2-6-18-15)16-7-8-20-14(22)9-11-3-1-4-12(11)19-20/h2,5-6,9H,1,3-4,7-8,10H2,(H,16,21). The highest BCUT2D eigenvalue weighted by Gasteiger charge is 2.14. The molecule has 23 heavy (non-hydrogen) atoms. The summed E-state index contributed by atoms with van der Waals surface area (Å²) in [7, 11) is 0. The average Bonchev–Trinajstić information content (AvgIpc) is 3.01. The molecule has 0 aliphatic heterocycles. The van der Waals surface area contributed by atoms with Gasteiger partial charge in [0.15, 0.2) is 5.16 Å². The van der Waals surface area contributed by atoms with Gasteiger partial charge in [0, 0.05) is 25.0 Å². The molecule has 1 N–H and O–H groups in total. The van der Waals surface area contributed by atoms with Gasteiger partial charge in [-0.15, -0.1) is 0 Å². The number of aromatic nitrogens is 4. The van der Waals surface area contributed by atoms with Crippen LogP contribution in [0.1, 0.15) is 17.7 Å². The fourth-order valence-corrected chi connectivity index (χ4v) is 3.07. The summed E-state index contributed by atoms with van der Waals surface area (Å²) in [6.07, 6.45) is 6.20. The summed E-state index contributed by atoms with van der Waals surface area (Å²) in [5, 5.41) is 7.72. The zero-order valence-corrected chi connectivity index (χ0v) is 13.4. The minimum Gasteiger partial charge on any atom is -0.354 e. The Morgan fingerprint density at radius 2 is 2.13 bits per heavy atom. The summed E-state index contributed by atoms with van der Waals surface area (Å²) < 4.78 is 1.43. The van der Waals surface area contributed by atoms with Crippen LogP contribution in [0.15, 0.2) is 34.5 Å². The largest absolute Gasteiger partial charge is 0.354 e. The molecule has 1 amide bonds. The van der Waals surface area contributed by atoms with E-state index in [2.05, 4.69) is 20.4 Å². The molecule has 0 saturated carbocycles. The normalized spacial score (nSPS) is 12.9. The molecule has 2 heterocycles. The van der Waals surface area contributed by atoms with E-state index in [1.807, 2.05) is 0 Å². The molecular formula is C15H17N5O2S. The fraction of sp³-hybridized carbons (Fsp3) is 0.400. The molecule has 0 spiro atoms. The highest BCUT2D eigenvalue weighted by atomic mass is 32.2. The van der Waals surface area contributed by atoms with E-state index in [9.17, 15) is 9.59 Å². The van der Waals surface area contributed by atoms with Crippen LogP contribution in [0, 0.1) is 0 Å². The van der Waals surface area contributed by atoms with E-state index in [1.165, 1.54) is 16.4 Å². The molecule has 8 heteroatoms. The van der Waals surface area contributed by atoms with Gasteiger partial charge in [0.25, 0.3) is 5.56 Å². The van der Waals surface area contributed by atoms with Crippen molar-refractivity contribution in [3.05, 3.63) is 46.1 Å². The predicted octanol–water partition coefficient (Wildman–Crippen LogP) is 0.430. The van der Waals surface area contributed by atoms with Crippen LogP contribution in [0.2, 0.25) is 0 Å². The van der Waals surface area contributed by atoms with Crippen molar-refractivity contribution in [2.24, 2.45) is 0 Å². The summed E-state index contributed by atoms with van der Waals surface area (Å²) in [6.45, 7) is 0.755. The Morgan fingerprint density at radius 3 is 2.96 bits per heavy atom. The third-order valence-electron chi connectivity index (χ3n) is 3.54. The van der Waals surface area contributed by atoms with E-state index >= 15 is 0 Å². The maximum Gasteiger partial charge on any atom is 0.267 e. The second kappa shape index (κ2) is 7.36. The molecule has 120 valence electrons. The van der Waals surface area contributed by atoms with Gasteiger partial charge in [-0.1, -0.05) is 11.8 Å². The Hall–Kier alpha value is -2.22. The van der Waals surface area contributed by atoms with Gasteiger partial charge in [0.05, 0.1) is 18.0 Å². The Kier molecular flexibility index (Phi) is 5.02. The molecule has 1 aliphatic carbocycles. The van der Waals surface area contributed by atoms with E-state index in [1.54, 1.807) is 24.5 Å². The molecule has 2 aromatic rings. The number of carbonyl (C=O) groups is 1. The maximum atomic E-state index is 11.9. The lowest BCUT2D eigenvalue weighted by Crippen LogP contribution is -2.33. The van der Waals surface area contributed by atoms with E-state index < -0.39 is 0 Å². The van der Waals surface area contributed by atoms with Crippen molar-refractivity contribution >= 4 is 17.7 Å². The Labute approximate surface area is 137 Å². The van der Waals surface area contributed by atoms with Crippen LogP contribution in [0.3, 0.4) is 0 Å². The van der Waals surface area contributed by atoms with Gasteiger partial charge in [0.2, 0.25) is 5.91 Å². The fourth-order valence-electron chi connectivity index (χ4n) is 2.44. The zero-order valence-electron chi connectivity index (χ0n) is 12.6. The predicted molar refractivity (Wildman–Crippen MR) is 86.3 cm³/mol. The van der Waals surface area contributed by atoms with Crippen LogP contribution < -0.4 is 10.9 Å². The van der Waals surface area contributed by atoms with Gasteiger partial charge < -0.3 is 5.32 Å². The first-order chi connectivity index (χ1) is 11.2. The molecule has 0 aromatic carbocycles. The summed E-state index contributed by atoms with van der Waals surface area (Å²) >= 11 is 1.28. The SMILES string of the molecule is O=C(CSc1ncccn1)NCCn1nc2c(cc1=O)CCC2. The van der Waals surface area contributed by atoms with Crippen LogP contribution in [0.25, 0.3) is 0 Å². The Bertz CT molecular complexity index is 747. The van der Waals surface area contributed by atoms with Crippen molar-refractivity contribution < 1.29 is 4.79 Å². The molecule has 0 bridgehead atoms. The molecule has 2 aromatic heterocycles. The number of rotatable bonds is 6. The van der Waals surface area contributed by atoms with E-state index in [-0.39, 0.29) is 17.2 Å². The third-order valence-corrected chi connectivity index (χ3v) is 4.42. The molecule has 1 aliphatic rings. The minimum absolute atomic E-state index is 0.105. The first-order valence-corrected chi connectivity index (χ1v) is 8.47. The summed E-state index contributed by atoms with van der Waals surface area (Å²) in [4.78, 5) is 31.8. The number of hydrogen-bond acceptors (Lipinski definition) is 6. The number of fused-ring (bicyclic) bond motifs is 1. The number of aryl methyl sites for hydroxylation is 2. The van der Waals surface area contributed by atoms with Crippen molar-refractivity contribution in [3.63, 3.8) is 0 Å². The smallest absolute Gasteiger partial charge is 0.267 e. The van der Waals surface area contributed by atoms with Gasteiger partial charge in [0.1, 0.15) is 0 Å². The molecule has 0 atom stereocenters. The van der Waals surface area contributed by atoms with Gasteiger partial charge in [-0.25, -0.2) is 14.6 Å². The number of amides is 1. The molecule has 7 nitrogen and oxygen atoms in total. The molecule has 0 saturated heterocycles. The van der Waals surface area contributed by atoms with E-state index in [0.29, 0.717) is 18.2 Å². The highest BCUT2D eigenvalue weighted by molar-refractivity contribution is 7.99. The maximum absolute atomic E-state index is 11.9. The van der Waals surface area contributed by atoms with E-state index in [0.717, 1.165) is 30.5 Å². The second-order valence-corrected chi connectivity index (χ2v) is 6.14. The number of nitrogens with one attached hydrogen (secondary N) is 1. The van der Waals surface area contributed by atoms with Crippen molar-refractivity contribution in [2.45, 2.75) is 31.0 Å². The van der Waals surface area contributed by atoms with Gasteiger partial charge >= 0.3 is 0 Å². The van der Waals surface area contributed by atoms with Crippen LogP contribution in [-0.2, 0) is 24.2 Å². The van der Waals surface area contributed by atoms with Crippen molar-refractivity contribution in [1.29, 1.82) is 0 Å². The lowest BCUT2D eigenvalue weighted by Gasteiger charge is -2.08. The van der Waals surface area contributed by atoms with Gasteiger partial charge in [-0.05, 0) is 30.9 Å². The van der Waals surface area contributed by atoms with Crippen LogP contribution >= 0.6 is 11.8 Å². The van der Waals surface area contributed by atoms with Crippen LogP contribution in [0.5, 0.6) is 0 Å². The first kappa shape index (κ1) is 15.7. The lowest BCUT2D eigenvalue weighted by atomic mass is 10.2. The second-order valence-electron chi connectivity index (χ2n) is 5.20. The molecule has 0 unspecified atom stereocenters. The average molecular weight is 331 g/mol. The first-order valence-electron chi connectivity index (χ1n) is 7.49. The molecule has 3 rings (SSSR count). The monoisotopic (exact) mass is 331 g/mol.